The Morgan fingerprint density at radius 3 is 2.00 bits per heavy atom. The molecule has 1 aliphatic heterocycles. The molecule has 3 heteroatoms. The minimum absolute atomic E-state index is 0.234. The van der Waals surface area contributed by atoms with E-state index >= 15 is 0 Å². The van der Waals surface area contributed by atoms with E-state index in [-0.39, 0.29) is 16.9 Å². The molecule has 1 fully saturated rings. The first-order valence-corrected chi connectivity index (χ1v) is 5.64. The fourth-order valence-electron chi connectivity index (χ4n) is 3.03. The van der Waals surface area contributed by atoms with Crippen LogP contribution in [-0.2, 0) is 4.79 Å². The van der Waals surface area contributed by atoms with Crippen LogP contribution in [0.1, 0.15) is 53.9 Å². The minimum Gasteiger partial charge on any atom is -0.313 e. The van der Waals surface area contributed by atoms with Gasteiger partial charge in [-0.1, -0.05) is 0 Å². The molecule has 0 radical (unpaired) electrons. The van der Waals surface area contributed by atoms with E-state index in [1.54, 1.807) is 6.92 Å². The number of rotatable bonds is 2. The van der Waals surface area contributed by atoms with Crippen LogP contribution >= 0.6 is 0 Å². The summed E-state index contributed by atoms with van der Waals surface area (Å²) in [7, 11) is 0. The molecule has 0 atom stereocenters. The van der Waals surface area contributed by atoms with Crippen molar-refractivity contribution in [3.05, 3.63) is 0 Å². The van der Waals surface area contributed by atoms with Crippen LogP contribution in [0.5, 0.6) is 0 Å². The van der Waals surface area contributed by atoms with Crippen LogP contribution in [0.3, 0.4) is 0 Å². The maximum atomic E-state index is 11.1. The van der Waals surface area contributed by atoms with E-state index in [0.717, 1.165) is 12.8 Å². The largest absolute Gasteiger partial charge is 0.313 e. The van der Waals surface area contributed by atoms with Crippen LogP contribution in [0, 0.1) is 5.92 Å². The zero-order valence-electron chi connectivity index (χ0n) is 10.5. The maximum absolute atomic E-state index is 11.1. The third-order valence-corrected chi connectivity index (χ3v) is 3.30. The molecule has 1 N–H and O–H groups in total. The standard InChI is InChI=1S/C12H23NO2/c1-9(14)6-10-7-11(2,3)13(15)12(4,5)8-10/h10,15H,6-8H2,1-5H3. The molecule has 0 aromatic rings. The summed E-state index contributed by atoms with van der Waals surface area (Å²) in [6, 6.07) is 0. The van der Waals surface area contributed by atoms with Gasteiger partial charge in [-0.25, -0.2) is 0 Å². The van der Waals surface area contributed by atoms with Gasteiger partial charge in [0.2, 0.25) is 0 Å². The van der Waals surface area contributed by atoms with Gasteiger partial charge in [-0.3, -0.25) is 0 Å². The van der Waals surface area contributed by atoms with E-state index in [1.807, 2.05) is 27.7 Å². The van der Waals surface area contributed by atoms with Crippen LogP contribution in [0.4, 0.5) is 0 Å². The zero-order chi connectivity index (χ0) is 11.9. The quantitative estimate of drug-likeness (QED) is 0.766. The Hall–Kier alpha value is -0.410. The van der Waals surface area contributed by atoms with Crippen LogP contribution in [0.25, 0.3) is 0 Å². The number of hydroxylamine groups is 2. The highest BCUT2D eigenvalue weighted by Crippen LogP contribution is 2.41. The summed E-state index contributed by atoms with van der Waals surface area (Å²) >= 11 is 0. The Bertz CT molecular complexity index is 240. The van der Waals surface area contributed by atoms with Gasteiger partial charge in [0.1, 0.15) is 5.78 Å². The highest BCUT2D eigenvalue weighted by molar-refractivity contribution is 5.75. The fourth-order valence-corrected chi connectivity index (χ4v) is 3.03. The van der Waals surface area contributed by atoms with E-state index in [2.05, 4.69) is 0 Å². The molecular formula is C12H23NO2. The van der Waals surface area contributed by atoms with Crippen molar-refractivity contribution in [1.82, 2.24) is 5.06 Å². The van der Waals surface area contributed by atoms with Crippen molar-refractivity contribution in [2.75, 3.05) is 0 Å². The highest BCUT2D eigenvalue weighted by atomic mass is 16.5. The average Bonchev–Trinajstić information content (AvgIpc) is 1.97. The number of carbonyl (C=O) groups excluding carboxylic acids is 1. The van der Waals surface area contributed by atoms with Gasteiger partial charge in [-0.05, 0) is 53.4 Å². The second-order valence-electron chi connectivity index (χ2n) is 6.12. The van der Waals surface area contributed by atoms with Crippen molar-refractivity contribution in [3.63, 3.8) is 0 Å². The smallest absolute Gasteiger partial charge is 0.130 e. The van der Waals surface area contributed by atoms with Crippen molar-refractivity contribution in [3.8, 4) is 0 Å². The van der Waals surface area contributed by atoms with Crippen LogP contribution in [0.2, 0.25) is 0 Å². The second-order valence-corrected chi connectivity index (χ2v) is 6.12. The summed E-state index contributed by atoms with van der Waals surface area (Å²) in [4.78, 5) is 11.1. The second kappa shape index (κ2) is 3.87. The van der Waals surface area contributed by atoms with Crippen molar-refractivity contribution in [2.24, 2.45) is 5.92 Å². The summed E-state index contributed by atoms with van der Waals surface area (Å²) in [5.41, 5.74) is -0.469. The van der Waals surface area contributed by atoms with E-state index in [1.165, 1.54) is 5.06 Å². The van der Waals surface area contributed by atoms with E-state index in [4.69, 9.17) is 0 Å². The average molecular weight is 213 g/mol. The van der Waals surface area contributed by atoms with Crippen LogP contribution in [-0.4, -0.2) is 27.1 Å². The third kappa shape index (κ3) is 2.79. The molecular weight excluding hydrogens is 190 g/mol. The van der Waals surface area contributed by atoms with Gasteiger partial charge in [0.05, 0.1) is 0 Å². The highest BCUT2D eigenvalue weighted by Gasteiger charge is 2.44. The van der Waals surface area contributed by atoms with Gasteiger partial charge in [0.25, 0.3) is 0 Å². The molecule has 0 aliphatic carbocycles. The minimum atomic E-state index is -0.234. The summed E-state index contributed by atoms with van der Waals surface area (Å²) < 4.78 is 0. The number of Topliss-reactive ketones (excluding diaryl/α,β-unsaturated/α-hetero) is 1. The SMILES string of the molecule is CC(=O)CC1CC(C)(C)N(O)C(C)(C)C1. The Morgan fingerprint density at radius 1 is 1.27 bits per heavy atom. The van der Waals surface area contributed by atoms with E-state index in [0.29, 0.717) is 12.3 Å². The molecule has 0 aromatic heterocycles. The molecule has 1 saturated heterocycles. The molecule has 1 aliphatic rings. The van der Waals surface area contributed by atoms with Gasteiger partial charge < -0.3 is 10.0 Å². The maximum Gasteiger partial charge on any atom is 0.130 e. The molecule has 0 amide bonds. The molecule has 0 spiro atoms. The van der Waals surface area contributed by atoms with Gasteiger partial charge in [0, 0.05) is 17.5 Å². The Labute approximate surface area is 92.4 Å². The molecule has 0 saturated carbocycles. The summed E-state index contributed by atoms with van der Waals surface area (Å²) in [6.45, 7) is 9.76. The van der Waals surface area contributed by atoms with Crippen molar-refractivity contribution in [1.29, 1.82) is 0 Å². The first-order valence-electron chi connectivity index (χ1n) is 5.64. The van der Waals surface area contributed by atoms with Crippen molar-refractivity contribution in [2.45, 2.75) is 65.0 Å². The monoisotopic (exact) mass is 213 g/mol. The molecule has 0 aromatic carbocycles. The molecule has 1 heterocycles. The molecule has 3 nitrogen and oxygen atoms in total. The lowest BCUT2D eigenvalue weighted by Gasteiger charge is -2.51. The number of hydrogen-bond acceptors (Lipinski definition) is 3. The lowest BCUT2D eigenvalue weighted by molar-refractivity contribution is -0.251. The number of hydrogen-bond donors (Lipinski definition) is 1. The molecule has 88 valence electrons. The lowest BCUT2D eigenvalue weighted by atomic mass is 9.74. The first kappa shape index (κ1) is 12.7. The molecule has 0 bridgehead atoms. The van der Waals surface area contributed by atoms with E-state index < -0.39 is 0 Å². The molecule has 0 unspecified atom stereocenters. The molecule has 1 rings (SSSR count). The van der Waals surface area contributed by atoms with Crippen LogP contribution < -0.4 is 0 Å². The van der Waals surface area contributed by atoms with Gasteiger partial charge in [-0.2, -0.15) is 5.06 Å². The lowest BCUT2D eigenvalue weighted by Crippen LogP contribution is -2.59. The molecule has 15 heavy (non-hydrogen) atoms. The predicted octanol–water partition coefficient (Wildman–Crippen LogP) is 2.62. The van der Waals surface area contributed by atoms with Crippen molar-refractivity contribution >= 4 is 5.78 Å². The zero-order valence-corrected chi connectivity index (χ0v) is 10.5. The van der Waals surface area contributed by atoms with Crippen LogP contribution in [0.15, 0.2) is 0 Å². The number of carbonyl (C=O) groups is 1. The van der Waals surface area contributed by atoms with Gasteiger partial charge in [-0.15, -0.1) is 0 Å². The normalized spacial score (nSPS) is 26.5. The summed E-state index contributed by atoms with van der Waals surface area (Å²) in [6.07, 6.45) is 2.40. The first-order chi connectivity index (χ1) is 6.65. The Balaban J connectivity index is 2.79. The third-order valence-electron chi connectivity index (χ3n) is 3.30. The summed E-state index contributed by atoms with van der Waals surface area (Å²) in [5, 5.41) is 11.5. The summed E-state index contributed by atoms with van der Waals surface area (Å²) in [5.74, 6) is 0.647. The van der Waals surface area contributed by atoms with Gasteiger partial charge in [0.15, 0.2) is 0 Å². The Kier molecular flexibility index (Phi) is 3.27. The Morgan fingerprint density at radius 2 is 1.67 bits per heavy atom. The fraction of sp³-hybridized carbons (Fsp3) is 0.917. The number of ketones is 1. The van der Waals surface area contributed by atoms with E-state index in [9.17, 15) is 10.0 Å². The number of piperidine rings is 1. The number of nitrogens with zero attached hydrogens (tertiary/aromatic N) is 1. The van der Waals surface area contributed by atoms with Gasteiger partial charge >= 0.3 is 0 Å². The topological polar surface area (TPSA) is 40.5 Å². The predicted molar refractivity (Wildman–Crippen MR) is 59.8 cm³/mol. The van der Waals surface area contributed by atoms with Crippen molar-refractivity contribution < 1.29 is 10.0 Å².